The third-order valence-electron chi connectivity index (χ3n) is 4.22. The van der Waals surface area contributed by atoms with E-state index in [-0.39, 0.29) is 6.03 Å². The van der Waals surface area contributed by atoms with Crippen molar-refractivity contribution in [1.82, 2.24) is 19.8 Å². The monoisotopic (exact) mass is 390 g/mol. The Balaban J connectivity index is 1.49. The average Bonchev–Trinajstić information content (AvgIpc) is 3.21. The van der Waals surface area contributed by atoms with Crippen LogP contribution >= 0.6 is 0 Å². The lowest BCUT2D eigenvalue weighted by molar-refractivity contribution is 0.262. The molecule has 2 heterocycles. The molecule has 0 atom stereocenters. The van der Waals surface area contributed by atoms with Crippen molar-refractivity contribution in [3.63, 3.8) is 0 Å². The van der Waals surface area contributed by atoms with Crippen LogP contribution < -0.4 is 20.1 Å². The van der Waals surface area contributed by atoms with Gasteiger partial charge in [-0.15, -0.1) is 10.2 Å². The van der Waals surface area contributed by atoms with Crippen LogP contribution in [0.3, 0.4) is 0 Å². The fraction of sp³-hybridized carbons (Fsp3) is 0.100. The summed E-state index contributed by atoms with van der Waals surface area (Å²) in [6, 6.07) is 15.9. The summed E-state index contributed by atoms with van der Waals surface area (Å²) < 4.78 is 12.0. The number of rotatable bonds is 5. The maximum absolute atomic E-state index is 12.4. The molecule has 0 bridgehead atoms. The highest BCUT2D eigenvalue weighted by atomic mass is 16.5. The van der Waals surface area contributed by atoms with E-state index in [1.54, 1.807) is 43.0 Å². The lowest BCUT2D eigenvalue weighted by Crippen LogP contribution is -2.19. The second kappa shape index (κ2) is 7.85. The zero-order chi connectivity index (χ0) is 20.2. The molecule has 9 heteroatoms. The molecular weight excluding hydrogens is 372 g/mol. The van der Waals surface area contributed by atoms with Crippen molar-refractivity contribution in [3.8, 4) is 22.8 Å². The summed E-state index contributed by atoms with van der Waals surface area (Å²) in [6.45, 7) is 0. The number of hydrogen-bond donors (Lipinski definition) is 2. The van der Waals surface area contributed by atoms with Gasteiger partial charge < -0.3 is 20.1 Å². The third-order valence-corrected chi connectivity index (χ3v) is 4.22. The number of fused-ring (bicyclic) bond motifs is 1. The van der Waals surface area contributed by atoms with Gasteiger partial charge in [-0.05, 0) is 36.4 Å². The molecule has 2 N–H and O–H groups in total. The van der Waals surface area contributed by atoms with Gasteiger partial charge in [0.1, 0.15) is 6.33 Å². The van der Waals surface area contributed by atoms with E-state index in [9.17, 15) is 4.79 Å². The van der Waals surface area contributed by atoms with Gasteiger partial charge in [0, 0.05) is 23.0 Å². The van der Waals surface area contributed by atoms with Gasteiger partial charge in [-0.2, -0.15) is 9.61 Å². The van der Waals surface area contributed by atoms with Crippen LogP contribution in [0.15, 0.2) is 60.9 Å². The molecule has 0 spiro atoms. The Morgan fingerprint density at radius 3 is 2.52 bits per heavy atom. The SMILES string of the molecule is COc1ccc(NC(=O)Nc2cccc(-c3ccc4nncn4n3)c2)cc1OC. The fourth-order valence-electron chi connectivity index (χ4n) is 2.85. The summed E-state index contributed by atoms with van der Waals surface area (Å²) in [5, 5.41) is 17.8. The second-order valence-corrected chi connectivity index (χ2v) is 6.08. The minimum absolute atomic E-state index is 0.378. The van der Waals surface area contributed by atoms with Crippen LogP contribution in [0.25, 0.3) is 16.9 Å². The third kappa shape index (κ3) is 3.93. The molecular formula is C20H18N6O3. The van der Waals surface area contributed by atoms with Crippen molar-refractivity contribution in [3.05, 3.63) is 60.9 Å². The highest BCUT2D eigenvalue weighted by molar-refractivity contribution is 6.00. The Labute approximate surface area is 166 Å². The number of methoxy groups -OCH3 is 2. The lowest BCUT2D eigenvalue weighted by atomic mass is 10.1. The Bertz CT molecular complexity index is 1170. The predicted molar refractivity (Wildman–Crippen MR) is 108 cm³/mol. The average molecular weight is 390 g/mol. The molecule has 4 rings (SSSR count). The molecule has 2 aromatic carbocycles. The number of carbonyl (C=O) groups is 1. The minimum atomic E-state index is -0.378. The molecule has 0 aliphatic rings. The van der Waals surface area contributed by atoms with Gasteiger partial charge in [0.2, 0.25) is 0 Å². The van der Waals surface area contributed by atoms with Gasteiger partial charge in [0.25, 0.3) is 0 Å². The molecule has 0 aliphatic heterocycles. The number of nitrogens with zero attached hydrogens (tertiary/aromatic N) is 4. The normalized spacial score (nSPS) is 10.6. The standard InChI is InChI=1S/C20H18N6O3/c1-28-17-8-6-15(11-18(17)29-2)23-20(27)22-14-5-3-4-13(10-14)16-7-9-19-24-21-12-26(19)25-16/h3-12H,1-2H3,(H2,22,23,27). The fourth-order valence-corrected chi connectivity index (χ4v) is 2.85. The molecule has 0 fully saturated rings. The second-order valence-electron chi connectivity index (χ2n) is 6.08. The number of nitrogens with one attached hydrogen (secondary N) is 2. The smallest absolute Gasteiger partial charge is 0.323 e. The molecule has 4 aromatic rings. The summed E-state index contributed by atoms with van der Waals surface area (Å²) in [4.78, 5) is 12.4. The summed E-state index contributed by atoms with van der Waals surface area (Å²) >= 11 is 0. The number of benzene rings is 2. The van der Waals surface area contributed by atoms with E-state index in [1.807, 2.05) is 30.3 Å². The number of hydrogen-bond acceptors (Lipinski definition) is 6. The highest BCUT2D eigenvalue weighted by Crippen LogP contribution is 2.30. The van der Waals surface area contributed by atoms with Crippen LogP contribution in [0.2, 0.25) is 0 Å². The Morgan fingerprint density at radius 2 is 1.72 bits per heavy atom. The molecule has 146 valence electrons. The van der Waals surface area contributed by atoms with E-state index >= 15 is 0 Å². The van der Waals surface area contributed by atoms with Crippen molar-refractivity contribution in [1.29, 1.82) is 0 Å². The zero-order valence-electron chi connectivity index (χ0n) is 15.8. The highest BCUT2D eigenvalue weighted by Gasteiger charge is 2.09. The van der Waals surface area contributed by atoms with E-state index < -0.39 is 0 Å². The summed E-state index contributed by atoms with van der Waals surface area (Å²) in [7, 11) is 3.10. The first kappa shape index (κ1) is 18.2. The van der Waals surface area contributed by atoms with Crippen molar-refractivity contribution < 1.29 is 14.3 Å². The summed E-state index contributed by atoms with van der Waals surface area (Å²) in [5.41, 5.74) is 3.46. The first-order valence-electron chi connectivity index (χ1n) is 8.74. The van der Waals surface area contributed by atoms with Crippen LogP contribution in [-0.2, 0) is 0 Å². The Morgan fingerprint density at radius 1 is 0.931 bits per heavy atom. The van der Waals surface area contributed by atoms with Crippen LogP contribution in [-0.4, -0.2) is 40.1 Å². The van der Waals surface area contributed by atoms with E-state index in [0.29, 0.717) is 28.5 Å². The van der Waals surface area contributed by atoms with E-state index in [0.717, 1.165) is 11.3 Å². The van der Waals surface area contributed by atoms with Crippen LogP contribution in [0.5, 0.6) is 11.5 Å². The van der Waals surface area contributed by atoms with E-state index in [1.165, 1.54) is 6.33 Å². The molecule has 0 radical (unpaired) electrons. The molecule has 2 aromatic heterocycles. The first-order chi connectivity index (χ1) is 14.2. The van der Waals surface area contributed by atoms with Gasteiger partial charge in [-0.3, -0.25) is 0 Å². The number of ether oxygens (including phenoxy) is 2. The van der Waals surface area contributed by atoms with Gasteiger partial charge in [0.05, 0.1) is 19.9 Å². The number of carbonyl (C=O) groups excluding carboxylic acids is 1. The Kier molecular flexibility index (Phi) is 4.93. The maximum atomic E-state index is 12.4. The van der Waals surface area contributed by atoms with Gasteiger partial charge >= 0.3 is 6.03 Å². The quantitative estimate of drug-likeness (QED) is 0.541. The zero-order valence-corrected chi connectivity index (χ0v) is 15.8. The van der Waals surface area contributed by atoms with Crippen LogP contribution in [0.1, 0.15) is 0 Å². The molecule has 29 heavy (non-hydrogen) atoms. The van der Waals surface area contributed by atoms with Crippen molar-refractivity contribution in [2.24, 2.45) is 0 Å². The molecule has 0 unspecified atom stereocenters. The topological polar surface area (TPSA) is 103 Å². The van der Waals surface area contributed by atoms with E-state index in [2.05, 4.69) is 25.9 Å². The Hall–Kier alpha value is -4.14. The van der Waals surface area contributed by atoms with Crippen LogP contribution in [0, 0.1) is 0 Å². The van der Waals surface area contributed by atoms with E-state index in [4.69, 9.17) is 9.47 Å². The maximum Gasteiger partial charge on any atom is 0.323 e. The number of aromatic nitrogens is 4. The van der Waals surface area contributed by atoms with Gasteiger partial charge in [-0.1, -0.05) is 12.1 Å². The molecule has 2 amide bonds. The lowest BCUT2D eigenvalue weighted by Gasteiger charge is -2.12. The van der Waals surface area contributed by atoms with Crippen molar-refractivity contribution in [2.75, 3.05) is 24.9 Å². The predicted octanol–water partition coefficient (Wildman–Crippen LogP) is 3.45. The number of amides is 2. The summed E-state index contributed by atoms with van der Waals surface area (Å²) in [5.74, 6) is 1.12. The van der Waals surface area contributed by atoms with Gasteiger partial charge in [0.15, 0.2) is 17.1 Å². The molecule has 9 nitrogen and oxygen atoms in total. The molecule has 0 saturated heterocycles. The van der Waals surface area contributed by atoms with Gasteiger partial charge in [-0.25, -0.2) is 4.79 Å². The van der Waals surface area contributed by atoms with Crippen molar-refractivity contribution >= 4 is 23.1 Å². The van der Waals surface area contributed by atoms with Crippen molar-refractivity contribution in [2.45, 2.75) is 0 Å². The first-order valence-corrected chi connectivity index (χ1v) is 8.74. The minimum Gasteiger partial charge on any atom is -0.493 e. The number of urea groups is 1. The summed E-state index contributed by atoms with van der Waals surface area (Å²) in [6.07, 6.45) is 1.54. The van der Waals surface area contributed by atoms with Crippen LogP contribution in [0.4, 0.5) is 16.2 Å². The largest absolute Gasteiger partial charge is 0.493 e. The molecule has 0 aliphatic carbocycles. The number of anilines is 2. The molecule has 0 saturated carbocycles.